The SMILES string of the molecule is CCCCn1c(N)c(N(Cc2ccco2)C(=O)Cc2cccc3ccccc23)c(=O)[nH]c1=O. The number of hydrogen-bond donors (Lipinski definition) is 2. The van der Waals surface area contributed by atoms with Gasteiger partial charge in [0, 0.05) is 6.54 Å². The number of H-pyrrole nitrogens is 1. The fraction of sp³-hybridized carbons (Fsp3) is 0.240. The second-order valence-electron chi connectivity index (χ2n) is 7.87. The normalized spacial score (nSPS) is 11.1. The fourth-order valence-electron chi connectivity index (χ4n) is 3.93. The summed E-state index contributed by atoms with van der Waals surface area (Å²) in [4.78, 5) is 42.4. The summed E-state index contributed by atoms with van der Waals surface area (Å²) in [5, 5.41) is 1.98. The van der Waals surface area contributed by atoms with E-state index in [0.29, 0.717) is 18.7 Å². The predicted molar refractivity (Wildman–Crippen MR) is 128 cm³/mol. The number of rotatable bonds is 8. The van der Waals surface area contributed by atoms with Crippen LogP contribution < -0.4 is 21.9 Å². The zero-order valence-corrected chi connectivity index (χ0v) is 18.4. The summed E-state index contributed by atoms with van der Waals surface area (Å²) in [5.74, 6) is 0.127. The lowest BCUT2D eigenvalue weighted by molar-refractivity contribution is -0.118. The van der Waals surface area contributed by atoms with E-state index in [1.54, 1.807) is 12.1 Å². The van der Waals surface area contributed by atoms with E-state index >= 15 is 0 Å². The van der Waals surface area contributed by atoms with Crippen LogP contribution in [0.15, 0.2) is 74.9 Å². The number of hydrogen-bond acceptors (Lipinski definition) is 5. The van der Waals surface area contributed by atoms with Gasteiger partial charge in [-0.25, -0.2) is 4.79 Å². The van der Waals surface area contributed by atoms with Crippen molar-refractivity contribution in [2.75, 3.05) is 10.6 Å². The van der Waals surface area contributed by atoms with E-state index in [9.17, 15) is 14.4 Å². The Hall–Kier alpha value is -4.07. The van der Waals surface area contributed by atoms with Crippen LogP contribution in [0, 0.1) is 0 Å². The van der Waals surface area contributed by atoms with Crippen molar-refractivity contribution < 1.29 is 9.21 Å². The van der Waals surface area contributed by atoms with E-state index in [0.717, 1.165) is 22.8 Å². The van der Waals surface area contributed by atoms with Crippen LogP contribution in [0.5, 0.6) is 0 Å². The zero-order chi connectivity index (χ0) is 23.4. The third-order valence-corrected chi connectivity index (χ3v) is 5.64. The molecule has 8 nitrogen and oxygen atoms in total. The van der Waals surface area contributed by atoms with Gasteiger partial charge in [0.1, 0.15) is 11.6 Å². The number of nitrogens with one attached hydrogen (secondary N) is 1. The highest BCUT2D eigenvalue weighted by atomic mass is 16.3. The van der Waals surface area contributed by atoms with Gasteiger partial charge in [0.25, 0.3) is 5.56 Å². The Labute approximate surface area is 190 Å². The number of aromatic nitrogens is 2. The van der Waals surface area contributed by atoms with Gasteiger partial charge in [0.15, 0.2) is 5.69 Å². The van der Waals surface area contributed by atoms with Crippen LogP contribution in [0.4, 0.5) is 11.5 Å². The second-order valence-corrected chi connectivity index (χ2v) is 7.87. The molecule has 0 spiro atoms. The maximum Gasteiger partial charge on any atom is 0.330 e. The van der Waals surface area contributed by atoms with Crippen molar-refractivity contribution in [3.8, 4) is 0 Å². The minimum absolute atomic E-state index is 0.00978. The molecule has 0 saturated carbocycles. The van der Waals surface area contributed by atoms with E-state index in [1.807, 2.05) is 49.4 Å². The number of amides is 1. The van der Waals surface area contributed by atoms with Crippen LogP contribution in [-0.2, 0) is 24.3 Å². The number of carbonyl (C=O) groups excluding carboxylic acids is 1. The summed E-state index contributed by atoms with van der Waals surface area (Å²) in [6.45, 7) is 2.34. The molecule has 170 valence electrons. The van der Waals surface area contributed by atoms with Gasteiger partial charge in [0.2, 0.25) is 5.91 Å². The number of anilines is 2. The summed E-state index contributed by atoms with van der Waals surface area (Å²) in [6, 6.07) is 17.0. The number of nitrogen functional groups attached to an aromatic ring is 1. The first-order valence-electron chi connectivity index (χ1n) is 10.9. The molecule has 0 saturated heterocycles. The average molecular weight is 447 g/mol. The summed E-state index contributed by atoms with van der Waals surface area (Å²) >= 11 is 0. The molecule has 2 aromatic carbocycles. The largest absolute Gasteiger partial charge is 0.467 e. The number of nitrogens with two attached hydrogens (primary N) is 1. The van der Waals surface area contributed by atoms with Gasteiger partial charge in [-0.05, 0) is 34.9 Å². The summed E-state index contributed by atoms with van der Waals surface area (Å²) < 4.78 is 6.75. The van der Waals surface area contributed by atoms with Gasteiger partial charge in [-0.3, -0.25) is 24.0 Å². The summed E-state index contributed by atoms with van der Waals surface area (Å²) in [5.41, 5.74) is 5.78. The third kappa shape index (κ3) is 4.59. The lowest BCUT2D eigenvalue weighted by atomic mass is 10.0. The van der Waals surface area contributed by atoms with Crippen LogP contribution in [-0.4, -0.2) is 15.5 Å². The number of carbonyl (C=O) groups is 1. The Morgan fingerprint density at radius 2 is 1.88 bits per heavy atom. The lowest BCUT2D eigenvalue weighted by Gasteiger charge is -2.24. The Balaban J connectivity index is 1.78. The molecule has 0 aliphatic carbocycles. The average Bonchev–Trinajstić information content (AvgIpc) is 3.31. The number of fused-ring (bicyclic) bond motifs is 1. The van der Waals surface area contributed by atoms with Crippen LogP contribution >= 0.6 is 0 Å². The Bertz CT molecular complexity index is 1380. The van der Waals surface area contributed by atoms with Gasteiger partial charge in [-0.2, -0.15) is 0 Å². The summed E-state index contributed by atoms with van der Waals surface area (Å²) in [6.07, 6.45) is 3.10. The molecule has 0 radical (unpaired) electrons. The molecule has 0 bridgehead atoms. The van der Waals surface area contributed by atoms with Gasteiger partial charge < -0.3 is 10.2 Å². The number of aromatic amines is 1. The molecule has 3 N–H and O–H groups in total. The Morgan fingerprint density at radius 1 is 1.09 bits per heavy atom. The van der Waals surface area contributed by atoms with E-state index in [1.165, 1.54) is 15.7 Å². The van der Waals surface area contributed by atoms with Crippen molar-refractivity contribution >= 4 is 28.2 Å². The van der Waals surface area contributed by atoms with E-state index in [4.69, 9.17) is 10.2 Å². The molecule has 0 aliphatic heterocycles. The minimum atomic E-state index is -0.705. The molecular formula is C25H26N4O4. The molecule has 0 aliphatic rings. The predicted octanol–water partition coefficient (Wildman–Crippen LogP) is 3.44. The van der Waals surface area contributed by atoms with Crippen LogP contribution in [0.3, 0.4) is 0 Å². The third-order valence-electron chi connectivity index (χ3n) is 5.64. The number of furan rings is 1. The van der Waals surface area contributed by atoms with Gasteiger partial charge in [-0.1, -0.05) is 55.8 Å². The smallest absolute Gasteiger partial charge is 0.330 e. The van der Waals surface area contributed by atoms with Crippen molar-refractivity contribution in [2.45, 2.75) is 39.3 Å². The topological polar surface area (TPSA) is 114 Å². The van der Waals surface area contributed by atoms with Crippen LogP contribution in [0.25, 0.3) is 10.8 Å². The second kappa shape index (κ2) is 9.60. The highest BCUT2D eigenvalue weighted by molar-refractivity contribution is 5.99. The summed E-state index contributed by atoms with van der Waals surface area (Å²) in [7, 11) is 0. The Morgan fingerprint density at radius 3 is 2.64 bits per heavy atom. The number of unbranched alkanes of at least 4 members (excludes halogenated alkanes) is 1. The van der Waals surface area contributed by atoms with E-state index in [-0.39, 0.29) is 30.4 Å². The van der Waals surface area contributed by atoms with E-state index in [2.05, 4.69) is 4.98 Å². The number of nitrogens with zero attached hydrogens (tertiary/aromatic N) is 2. The number of benzene rings is 2. The zero-order valence-electron chi connectivity index (χ0n) is 18.4. The fourth-order valence-corrected chi connectivity index (χ4v) is 3.93. The maximum atomic E-state index is 13.6. The molecule has 2 heterocycles. The molecule has 0 fully saturated rings. The molecule has 0 unspecified atom stereocenters. The first kappa shape index (κ1) is 22.1. The van der Waals surface area contributed by atoms with Gasteiger partial charge in [-0.15, -0.1) is 0 Å². The van der Waals surface area contributed by atoms with Gasteiger partial charge >= 0.3 is 5.69 Å². The molecular weight excluding hydrogens is 420 g/mol. The molecule has 4 aromatic rings. The highest BCUT2D eigenvalue weighted by Crippen LogP contribution is 2.24. The van der Waals surface area contributed by atoms with Gasteiger partial charge in [0.05, 0.1) is 19.2 Å². The molecule has 2 aromatic heterocycles. The molecule has 4 rings (SSSR count). The first-order chi connectivity index (χ1) is 16.0. The van der Waals surface area contributed by atoms with E-state index < -0.39 is 11.2 Å². The van der Waals surface area contributed by atoms with Crippen LogP contribution in [0.1, 0.15) is 31.1 Å². The van der Waals surface area contributed by atoms with Crippen molar-refractivity contribution in [2.24, 2.45) is 0 Å². The van der Waals surface area contributed by atoms with Crippen LogP contribution in [0.2, 0.25) is 0 Å². The monoisotopic (exact) mass is 446 g/mol. The minimum Gasteiger partial charge on any atom is -0.467 e. The highest BCUT2D eigenvalue weighted by Gasteiger charge is 2.26. The van der Waals surface area contributed by atoms with Crippen molar-refractivity contribution in [1.82, 2.24) is 9.55 Å². The molecule has 0 atom stereocenters. The van der Waals surface area contributed by atoms with Crippen molar-refractivity contribution in [3.05, 3.63) is 93.0 Å². The first-order valence-corrected chi connectivity index (χ1v) is 10.9. The molecule has 33 heavy (non-hydrogen) atoms. The standard InChI is InChI=1S/C25H26N4O4/c1-2-3-13-28-23(26)22(24(31)27-25(28)32)29(16-19-11-7-14-33-19)21(30)15-18-10-6-9-17-8-4-5-12-20(17)18/h4-12,14H,2-3,13,15-16,26H2,1H3,(H,27,31,32). The maximum absolute atomic E-state index is 13.6. The van der Waals surface area contributed by atoms with Crippen molar-refractivity contribution in [3.63, 3.8) is 0 Å². The molecule has 8 heteroatoms. The lowest BCUT2D eigenvalue weighted by Crippen LogP contribution is -2.41. The van der Waals surface area contributed by atoms with Crippen molar-refractivity contribution in [1.29, 1.82) is 0 Å². The Kier molecular flexibility index (Phi) is 6.44. The molecule has 1 amide bonds. The quantitative estimate of drug-likeness (QED) is 0.430.